The van der Waals surface area contributed by atoms with Crippen LogP contribution < -0.4 is 5.32 Å². The summed E-state index contributed by atoms with van der Waals surface area (Å²) in [5.74, 6) is 0. The quantitative estimate of drug-likeness (QED) is 0.653. The Morgan fingerprint density at radius 2 is 2.23 bits per heavy atom. The maximum Gasteiger partial charge on any atom is 0.155 e. The van der Waals surface area contributed by atoms with Crippen molar-refractivity contribution in [1.82, 2.24) is 20.5 Å². The molecule has 2 aliphatic rings. The van der Waals surface area contributed by atoms with Gasteiger partial charge in [0.05, 0.1) is 16.6 Å². The van der Waals surface area contributed by atoms with E-state index >= 15 is 0 Å². The lowest BCUT2D eigenvalue weighted by molar-refractivity contribution is -0.0954. The van der Waals surface area contributed by atoms with Crippen LogP contribution in [0.25, 0.3) is 11.0 Å². The first kappa shape index (κ1) is 16.7. The van der Waals surface area contributed by atoms with Crippen molar-refractivity contribution in [2.24, 2.45) is 0 Å². The summed E-state index contributed by atoms with van der Waals surface area (Å²) in [6.07, 6.45) is 4.77. The van der Waals surface area contributed by atoms with E-state index in [2.05, 4.69) is 39.6 Å². The topological polar surface area (TPSA) is 62.8 Å². The van der Waals surface area contributed by atoms with Crippen LogP contribution in [-0.4, -0.2) is 27.8 Å². The van der Waals surface area contributed by atoms with Crippen molar-refractivity contribution < 1.29 is 4.74 Å². The Balaban J connectivity index is 1.56. The van der Waals surface area contributed by atoms with E-state index in [-0.39, 0.29) is 11.6 Å². The molecule has 1 spiro atoms. The van der Waals surface area contributed by atoms with Crippen LogP contribution in [0.4, 0.5) is 0 Å². The molecule has 7 heteroatoms. The number of aryl methyl sites for hydroxylation is 1. The zero-order valence-corrected chi connectivity index (χ0v) is 16.4. The first-order valence-electron chi connectivity index (χ1n) is 9.03. The van der Waals surface area contributed by atoms with E-state index in [4.69, 9.17) is 16.3 Å². The Labute approximate surface area is 161 Å². The van der Waals surface area contributed by atoms with E-state index in [1.54, 1.807) is 11.3 Å². The van der Waals surface area contributed by atoms with Crippen LogP contribution in [0.1, 0.15) is 47.5 Å². The fraction of sp³-hybridized carbons (Fsp3) is 0.474. The van der Waals surface area contributed by atoms with Gasteiger partial charge in [-0.05, 0) is 49.9 Å². The molecule has 5 rings (SSSR count). The SMILES string of the molecule is Cc1n[nH]c2ncc([C@@H]3C[C@]4(C[C@H](C)N3)OCCc3cc(Cl)sc34)cc12. The van der Waals surface area contributed by atoms with Gasteiger partial charge in [-0.25, -0.2) is 4.98 Å². The Hall–Kier alpha value is -1.47. The Kier molecular flexibility index (Phi) is 3.87. The van der Waals surface area contributed by atoms with Gasteiger partial charge in [0.1, 0.15) is 5.60 Å². The summed E-state index contributed by atoms with van der Waals surface area (Å²) < 4.78 is 7.30. The number of pyridine rings is 1. The molecule has 136 valence electrons. The van der Waals surface area contributed by atoms with Crippen LogP contribution in [0, 0.1) is 6.92 Å². The maximum absolute atomic E-state index is 6.44. The third-order valence-corrected chi connectivity index (χ3v) is 7.12. The first-order chi connectivity index (χ1) is 12.5. The third-order valence-electron chi connectivity index (χ3n) is 5.63. The van der Waals surface area contributed by atoms with Crippen LogP contribution in [-0.2, 0) is 16.8 Å². The average Bonchev–Trinajstić information content (AvgIpc) is 3.18. The van der Waals surface area contributed by atoms with Gasteiger partial charge in [-0.3, -0.25) is 5.10 Å². The molecule has 1 fully saturated rings. The Morgan fingerprint density at radius 1 is 1.35 bits per heavy atom. The van der Waals surface area contributed by atoms with Crippen molar-refractivity contribution >= 4 is 34.0 Å². The highest BCUT2D eigenvalue weighted by atomic mass is 35.5. The minimum absolute atomic E-state index is 0.191. The number of hydrogen-bond acceptors (Lipinski definition) is 5. The predicted octanol–water partition coefficient (Wildman–Crippen LogP) is 4.26. The van der Waals surface area contributed by atoms with E-state index < -0.39 is 0 Å². The standard InChI is InChI=1S/C19H21ClN4OS/c1-10-7-19(17-12(3-4-25-19)6-16(20)26-17)8-15(22-10)13-5-14-11(2)23-24-18(14)21-9-13/h5-6,9-10,15,22H,3-4,7-8H2,1-2H3,(H,21,23,24)/t10-,15-,19-/m0/s1. The van der Waals surface area contributed by atoms with Gasteiger partial charge >= 0.3 is 0 Å². The molecular formula is C19H21ClN4OS. The lowest BCUT2D eigenvalue weighted by Gasteiger charge is -2.46. The third kappa shape index (κ3) is 2.59. The molecule has 0 aromatic carbocycles. The maximum atomic E-state index is 6.44. The van der Waals surface area contributed by atoms with E-state index in [1.165, 1.54) is 16.0 Å². The van der Waals surface area contributed by atoms with E-state index in [9.17, 15) is 0 Å². The lowest BCUT2D eigenvalue weighted by Crippen LogP contribution is -2.49. The number of halogens is 1. The number of aromatic nitrogens is 3. The highest BCUT2D eigenvalue weighted by molar-refractivity contribution is 7.16. The molecule has 0 radical (unpaired) electrons. The fourth-order valence-corrected chi connectivity index (χ4v) is 5.97. The van der Waals surface area contributed by atoms with Crippen molar-refractivity contribution in [2.45, 2.75) is 50.8 Å². The molecule has 26 heavy (non-hydrogen) atoms. The molecule has 3 aromatic heterocycles. The zero-order chi connectivity index (χ0) is 17.9. The predicted molar refractivity (Wildman–Crippen MR) is 104 cm³/mol. The highest BCUT2D eigenvalue weighted by Gasteiger charge is 2.46. The number of hydrogen-bond donors (Lipinski definition) is 2. The summed E-state index contributed by atoms with van der Waals surface area (Å²) >= 11 is 8.02. The van der Waals surface area contributed by atoms with Crippen LogP contribution >= 0.6 is 22.9 Å². The average molecular weight is 389 g/mol. The van der Waals surface area contributed by atoms with Gasteiger partial charge in [0, 0.05) is 35.0 Å². The number of nitrogens with zero attached hydrogens (tertiary/aromatic N) is 2. The summed E-state index contributed by atoms with van der Waals surface area (Å²) in [5.41, 5.74) is 4.12. The van der Waals surface area contributed by atoms with Gasteiger partial charge in [-0.1, -0.05) is 11.6 Å². The second kappa shape index (κ2) is 6.02. The summed E-state index contributed by atoms with van der Waals surface area (Å²) in [4.78, 5) is 5.89. The summed E-state index contributed by atoms with van der Waals surface area (Å²) in [6, 6.07) is 4.87. The zero-order valence-electron chi connectivity index (χ0n) is 14.8. The molecule has 5 heterocycles. The number of fused-ring (bicyclic) bond motifs is 3. The molecule has 5 nitrogen and oxygen atoms in total. The summed E-state index contributed by atoms with van der Waals surface area (Å²) in [6.45, 7) is 5.00. The van der Waals surface area contributed by atoms with Gasteiger partial charge in [0.25, 0.3) is 0 Å². The summed E-state index contributed by atoms with van der Waals surface area (Å²) in [5, 5.41) is 12.1. The molecule has 2 aliphatic heterocycles. The van der Waals surface area contributed by atoms with Gasteiger partial charge < -0.3 is 10.1 Å². The smallest absolute Gasteiger partial charge is 0.155 e. The van der Waals surface area contributed by atoms with Gasteiger partial charge in [-0.15, -0.1) is 11.3 Å². The number of nitrogens with one attached hydrogen (secondary N) is 2. The fourth-order valence-electron chi connectivity index (χ4n) is 4.51. The molecule has 0 saturated carbocycles. The molecule has 0 bridgehead atoms. The second-order valence-electron chi connectivity index (χ2n) is 7.50. The van der Waals surface area contributed by atoms with Gasteiger partial charge in [0.15, 0.2) is 5.65 Å². The largest absolute Gasteiger partial charge is 0.369 e. The van der Waals surface area contributed by atoms with E-state index in [1.807, 2.05) is 13.1 Å². The summed E-state index contributed by atoms with van der Waals surface area (Å²) in [7, 11) is 0. The van der Waals surface area contributed by atoms with Crippen molar-refractivity contribution in [2.75, 3.05) is 6.61 Å². The molecule has 0 unspecified atom stereocenters. The number of aromatic amines is 1. The molecular weight excluding hydrogens is 368 g/mol. The monoisotopic (exact) mass is 388 g/mol. The highest BCUT2D eigenvalue weighted by Crippen LogP contribution is 2.50. The van der Waals surface area contributed by atoms with Crippen molar-refractivity contribution in [3.05, 3.63) is 44.4 Å². The molecule has 3 aromatic rings. The van der Waals surface area contributed by atoms with Crippen LogP contribution in [0.2, 0.25) is 4.34 Å². The van der Waals surface area contributed by atoms with Crippen molar-refractivity contribution in [3.63, 3.8) is 0 Å². The lowest BCUT2D eigenvalue weighted by atomic mass is 9.78. The molecule has 0 amide bonds. The van der Waals surface area contributed by atoms with Gasteiger partial charge in [0.2, 0.25) is 0 Å². The molecule has 1 saturated heterocycles. The Bertz CT molecular complexity index is 983. The number of piperidine rings is 1. The number of rotatable bonds is 1. The molecule has 2 N–H and O–H groups in total. The van der Waals surface area contributed by atoms with Crippen LogP contribution in [0.5, 0.6) is 0 Å². The first-order valence-corrected chi connectivity index (χ1v) is 10.2. The molecule has 3 atom stereocenters. The number of thiophene rings is 1. The van der Waals surface area contributed by atoms with E-state index in [0.717, 1.165) is 46.9 Å². The van der Waals surface area contributed by atoms with Gasteiger partial charge in [-0.2, -0.15) is 5.10 Å². The second-order valence-corrected chi connectivity index (χ2v) is 9.18. The minimum atomic E-state index is -0.249. The van der Waals surface area contributed by atoms with E-state index in [0.29, 0.717) is 6.04 Å². The molecule has 0 aliphatic carbocycles. The van der Waals surface area contributed by atoms with Crippen LogP contribution in [0.15, 0.2) is 18.3 Å². The minimum Gasteiger partial charge on any atom is -0.369 e. The number of ether oxygens (including phenoxy) is 1. The van der Waals surface area contributed by atoms with Crippen molar-refractivity contribution in [1.29, 1.82) is 0 Å². The Morgan fingerprint density at radius 3 is 3.12 bits per heavy atom. The normalized spacial score (nSPS) is 28.6. The number of H-pyrrole nitrogens is 1. The van der Waals surface area contributed by atoms with Crippen LogP contribution in [0.3, 0.4) is 0 Å². The van der Waals surface area contributed by atoms with Crippen molar-refractivity contribution in [3.8, 4) is 0 Å².